The molecule has 0 bridgehead atoms. The quantitative estimate of drug-likeness (QED) is 0.205. The number of hydrogen-bond donors (Lipinski definition) is 0. The molecule has 216 valence electrons. The SMILES string of the molecule is c1ccc(-c2ccc(-c3cc4c(c5oc6ccccc6c35)-c3c(cc(-c5ccccc5)c5oc6ccccc6c35)CC4)cc2)cc1. The second kappa shape index (κ2) is 9.82. The van der Waals surface area contributed by atoms with E-state index in [2.05, 4.69) is 146 Å². The molecular formula is C44H28O2. The summed E-state index contributed by atoms with van der Waals surface area (Å²) >= 11 is 0. The summed E-state index contributed by atoms with van der Waals surface area (Å²) in [4.78, 5) is 0. The van der Waals surface area contributed by atoms with Crippen molar-refractivity contribution in [1.29, 1.82) is 0 Å². The molecule has 9 aromatic rings. The van der Waals surface area contributed by atoms with Crippen LogP contribution in [-0.2, 0) is 12.8 Å². The second-order valence-corrected chi connectivity index (χ2v) is 12.3. The van der Waals surface area contributed by atoms with Gasteiger partial charge in [0.05, 0.1) is 0 Å². The molecule has 0 radical (unpaired) electrons. The third kappa shape index (κ3) is 3.71. The van der Waals surface area contributed by atoms with Gasteiger partial charge in [0.2, 0.25) is 0 Å². The molecule has 0 atom stereocenters. The number of para-hydroxylation sites is 2. The van der Waals surface area contributed by atoms with Crippen LogP contribution in [0.4, 0.5) is 0 Å². The summed E-state index contributed by atoms with van der Waals surface area (Å²) in [6, 6.07) is 51.9. The van der Waals surface area contributed by atoms with Crippen LogP contribution >= 0.6 is 0 Å². The Morgan fingerprint density at radius 2 is 0.848 bits per heavy atom. The molecule has 0 aliphatic heterocycles. The Labute approximate surface area is 266 Å². The predicted octanol–water partition coefficient (Wildman–Crippen LogP) is 12.3. The number of rotatable bonds is 3. The normalized spacial score (nSPS) is 12.6. The van der Waals surface area contributed by atoms with E-state index in [0.29, 0.717) is 0 Å². The van der Waals surface area contributed by atoms with Crippen molar-refractivity contribution in [1.82, 2.24) is 0 Å². The Morgan fingerprint density at radius 3 is 1.54 bits per heavy atom. The van der Waals surface area contributed by atoms with E-state index < -0.39 is 0 Å². The lowest BCUT2D eigenvalue weighted by atomic mass is 9.79. The third-order valence-corrected chi connectivity index (χ3v) is 9.76. The molecule has 0 unspecified atom stereocenters. The van der Waals surface area contributed by atoms with Crippen LogP contribution in [-0.4, -0.2) is 0 Å². The number of hydrogen-bond acceptors (Lipinski definition) is 2. The average molecular weight is 589 g/mol. The molecule has 46 heavy (non-hydrogen) atoms. The lowest BCUT2D eigenvalue weighted by Crippen LogP contribution is -2.06. The predicted molar refractivity (Wildman–Crippen MR) is 190 cm³/mol. The molecule has 2 heteroatoms. The topological polar surface area (TPSA) is 26.3 Å². The monoisotopic (exact) mass is 588 g/mol. The fraction of sp³-hybridized carbons (Fsp3) is 0.0455. The maximum absolute atomic E-state index is 6.88. The van der Waals surface area contributed by atoms with Crippen LogP contribution in [0.25, 0.3) is 88.4 Å². The smallest absolute Gasteiger partial charge is 0.144 e. The standard InChI is InChI=1S/C44H28O2/c1-3-11-27(12-4-1)28-19-21-30(22-20-28)35-25-32-24-23-31-26-36(29-13-5-2-6-14-29)43-42(34-16-8-10-18-38(34)45-43)39(31)40(32)44-41(35)33-15-7-9-17-37(33)46-44/h1-22,25-26H,23-24H2. The van der Waals surface area contributed by atoms with E-state index in [0.717, 1.165) is 51.5 Å². The molecule has 2 heterocycles. The van der Waals surface area contributed by atoms with Gasteiger partial charge in [-0.2, -0.15) is 0 Å². The van der Waals surface area contributed by atoms with Gasteiger partial charge in [-0.05, 0) is 76.1 Å². The van der Waals surface area contributed by atoms with Gasteiger partial charge in [-0.25, -0.2) is 0 Å². The van der Waals surface area contributed by atoms with Crippen molar-refractivity contribution in [2.75, 3.05) is 0 Å². The molecule has 0 N–H and O–H groups in total. The van der Waals surface area contributed by atoms with Crippen molar-refractivity contribution in [3.05, 3.63) is 157 Å². The molecular weight excluding hydrogens is 560 g/mol. The molecule has 7 aromatic carbocycles. The third-order valence-electron chi connectivity index (χ3n) is 9.76. The van der Waals surface area contributed by atoms with E-state index in [4.69, 9.17) is 8.83 Å². The lowest BCUT2D eigenvalue weighted by Gasteiger charge is -2.24. The van der Waals surface area contributed by atoms with Crippen molar-refractivity contribution in [2.24, 2.45) is 0 Å². The lowest BCUT2D eigenvalue weighted by molar-refractivity contribution is 0.668. The van der Waals surface area contributed by atoms with Crippen LogP contribution in [0.15, 0.2) is 154 Å². The van der Waals surface area contributed by atoms with Crippen LogP contribution in [0.2, 0.25) is 0 Å². The van der Waals surface area contributed by atoms with Gasteiger partial charge in [-0.1, -0.05) is 121 Å². The highest BCUT2D eigenvalue weighted by Gasteiger charge is 2.29. The molecule has 0 saturated carbocycles. The minimum Gasteiger partial charge on any atom is -0.455 e. The zero-order chi connectivity index (χ0) is 30.2. The number of benzene rings is 7. The number of aryl methyl sites for hydroxylation is 2. The zero-order valence-electron chi connectivity index (χ0n) is 25.1. The second-order valence-electron chi connectivity index (χ2n) is 12.3. The maximum Gasteiger partial charge on any atom is 0.144 e. The molecule has 10 rings (SSSR count). The summed E-state index contributed by atoms with van der Waals surface area (Å²) in [6.07, 6.45) is 1.90. The minimum absolute atomic E-state index is 0.909. The van der Waals surface area contributed by atoms with Crippen molar-refractivity contribution < 1.29 is 8.83 Å². The Kier molecular flexibility index (Phi) is 5.44. The summed E-state index contributed by atoms with van der Waals surface area (Å²) < 4.78 is 13.6. The average Bonchev–Trinajstić information content (AvgIpc) is 3.71. The summed E-state index contributed by atoms with van der Waals surface area (Å²) in [6.45, 7) is 0. The van der Waals surface area contributed by atoms with E-state index in [-0.39, 0.29) is 0 Å². The summed E-state index contributed by atoms with van der Waals surface area (Å²) in [7, 11) is 0. The van der Waals surface area contributed by atoms with Gasteiger partial charge in [0.15, 0.2) is 0 Å². The van der Waals surface area contributed by atoms with Gasteiger partial charge < -0.3 is 8.83 Å². The molecule has 0 spiro atoms. The van der Waals surface area contributed by atoms with Crippen LogP contribution in [0.3, 0.4) is 0 Å². The largest absolute Gasteiger partial charge is 0.455 e. The molecule has 2 aromatic heterocycles. The molecule has 2 nitrogen and oxygen atoms in total. The molecule has 1 aliphatic carbocycles. The zero-order valence-corrected chi connectivity index (χ0v) is 25.1. The van der Waals surface area contributed by atoms with Crippen LogP contribution in [0.1, 0.15) is 11.1 Å². The first-order valence-corrected chi connectivity index (χ1v) is 16.0. The van der Waals surface area contributed by atoms with Crippen LogP contribution < -0.4 is 0 Å². The summed E-state index contributed by atoms with van der Waals surface area (Å²) in [5.41, 5.74) is 16.0. The Morgan fingerprint density at radius 1 is 0.370 bits per heavy atom. The highest BCUT2D eigenvalue weighted by atomic mass is 16.3. The number of furan rings is 2. The molecule has 0 saturated heterocycles. The maximum atomic E-state index is 6.88. The van der Waals surface area contributed by atoms with E-state index in [1.54, 1.807) is 0 Å². The first-order chi connectivity index (χ1) is 22.8. The van der Waals surface area contributed by atoms with Crippen LogP contribution in [0.5, 0.6) is 0 Å². The Hall–Kier alpha value is -5.86. The Balaban J connectivity index is 1.29. The highest BCUT2D eigenvalue weighted by molar-refractivity contribution is 6.23. The molecule has 1 aliphatic rings. The van der Waals surface area contributed by atoms with E-state index >= 15 is 0 Å². The van der Waals surface area contributed by atoms with Crippen LogP contribution in [0, 0.1) is 0 Å². The van der Waals surface area contributed by atoms with Gasteiger partial charge in [0.25, 0.3) is 0 Å². The van der Waals surface area contributed by atoms with E-state index in [1.807, 2.05) is 0 Å². The van der Waals surface area contributed by atoms with Gasteiger partial charge in [-0.15, -0.1) is 0 Å². The number of fused-ring (bicyclic) bond motifs is 11. The minimum atomic E-state index is 0.909. The molecule has 0 fully saturated rings. The van der Waals surface area contributed by atoms with Crippen molar-refractivity contribution in [3.8, 4) is 44.5 Å². The molecule has 0 amide bonds. The fourth-order valence-electron chi connectivity index (χ4n) is 7.67. The summed E-state index contributed by atoms with van der Waals surface area (Å²) in [5.74, 6) is 0. The van der Waals surface area contributed by atoms with Gasteiger partial charge >= 0.3 is 0 Å². The fourth-order valence-corrected chi connectivity index (χ4v) is 7.67. The highest BCUT2D eigenvalue weighted by Crippen LogP contribution is 2.52. The Bertz CT molecular complexity index is 2600. The van der Waals surface area contributed by atoms with E-state index in [9.17, 15) is 0 Å². The first-order valence-electron chi connectivity index (χ1n) is 16.0. The van der Waals surface area contributed by atoms with Crippen molar-refractivity contribution >= 4 is 43.9 Å². The van der Waals surface area contributed by atoms with Crippen molar-refractivity contribution in [2.45, 2.75) is 12.8 Å². The van der Waals surface area contributed by atoms with E-state index in [1.165, 1.54) is 60.8 Å². The van der Waals surface area contributed by atoms with Gasteiger partial charge in [-0.3, -0.25) is 0 Å². The summed E-state index contributed by atoms with van der Waals surface area (Å²) in [5, 5.41) is 4.63. The first kappa shape index (κ1) is 25.5. The van der Waals surface area contributed by atoms with Crippen molar-refractivity contribution in [3.63, 3.8) is 0 Å². The van der Waals surface area contributed by atoms with Gasteiger partial charge in [0, 0.05) is 38.2 Å². The van der Waals surface area contributed by atoms with Gasteiger partial charge in [0.1, 0.15) is 22.3 Å².